The van der Waals surface area contributed by atoms with Gasteiger partial charge in [-0.05, 0) is 25.7 Å². The van der Waals surface area contributed by atoms with Gasteiger partial charge < -0.3 is 10.4 Å². The van der Waals surface area contributed by atoms with E-state index in [1.165, 1.54) is 4.68 Å². The molecule has 0 saturated heterocycles. The van der Waals surface area contributed by atoms with E-state index in [0.29, 0.717) is 5.92 Å². The Morgan fingerprint density at radius 1 is 1.30 bits per heavy atom. The first-order valence-corrected chi connectivity index (χ1v) is 7.28. The Balaban J connectivity index is 1.78. The molecule has 1 unspecified atom stereocenters. The minimum Gasteiger partial charge on any atom is -0.481 e. The summed E-state index contributed by atoms with van der Waals surface area (Å²) in [6.07, 6.45) is -1.34. The molecule has 10 heteroatoms. The van der Waals surface area contributed by atoms with Gasteiger partial charge >= 0.3 is 18.1 Å². The molecule has 1 amide bonds. The molecule has 3 rings (SSSR count). The van der Waals surface area contributed by atoms with E-state index >= 15 is 0 Å². The lowest BCUT2D eigenvalue weighted by atomic mass is 10.1. The maximum atomic E-state index is 12.4. The number of hydrogen-bond donors (Lipinski definition) is 2. The molecular formula is C13H15F3N4O3. The Labute approximate surface area is 128 Å². The van der Waals surface area contributed by atoms with Gasteiger partial charge in [0.05, 0.1) is 23.7 Å². The first-order chi connectivity index (χ1) is 10.8. The lowest BCUT2D eigenvalue weighted by Gasteiger charge is -2.21. The molecule has 2 aliphatic carbocycles. The SMILES string of the molecule is O=C(O)C1C[C@@H](NC(=O)C(F)(F)F)[C@@H](n2cc(C3CC3)nn2)C1. The molecule has 2 saturated carbocycles. The number of amides is 1. The van der Waals surface area contributed by atoms with Gasteiger partial charge in [-0.25, -0.2) is 4.68 Å². The summed E-state index contributed by atoms with van der Waals surface area (Å²) in [5.74, 6) is -3.67. The van der Waals surface area contributed by atoms with Crippen LogP contribution in [0.25, 0.3) is 0 Å². The van der Waals surface area contributed by atoms with Crippen LogP contribution in [0.5, 0.6) is 0 Å². The summed E-state index contributed by atoms with van der Waals surface area (Å²) in [7, 11) is 0. The second kappa shape index (κ2) is 5.50. The Kier molecular flexibility index (Phi) is 3.77. The number of rotatable bonds is 4. The Hall–Kier alpha value is -2.13. The fourth-order valence-corrected chi connectivity index (χ4v) is 2.93. The highest BCUT2D eigenvalue weighted by Gasteiger charge is 2.45. The van der Waals surface area contributed by atoms with Crippen LogP contribution in [0.4, 0.5) is 13.2 Å². The summed E-state index contributed by atoms with van der Waals surface area (Å²) in [6.45, 7) is 0. The summed E-state index contributed by atoms with van der Waals surface area (Å²) in [5.41, 5.74) is 0.754. The Morgan fingerprint density at radius 3 is 2.57 bits per heavy atom. The van der Waals surface area contributed by atoms with Gasteiger partial charge in [-0.15, -0.1) is 5.10 Å². The van der Waals surface area contributed by atoms with Crippen LogP contribution in [-0.2, 0) is 9.59 Å². The summed E-state index contributed by atoms with van der Waals surface area (Å²) in [4.78, 5) is 22.3. The van der Waals surface area contributed by atoms with Crippen molar-refractivity contribution in [2.24, 2.45) is 5.92 Å². The number of carboxylic acids is 1. The molecule has 23 heavy (non-hydrogen) atoms. The largest absolute Gasteiger partial charge is 0.481 e. The number of hydrogen-bond acceptors (Lipinski definition) is 4. The van der Waals surface area contributed by atoms with Crippen LogP contribution in [0.2, 0.25) is 0 Å². The molecule has 0 aromatic carbocycles. The molecule has 0 spiro atoms. The number of nitrogens with one attached hydrogen (secondary N) is 1. The number of nitrogens with zero attached hydrogens (tertiary/aromatic N) is 3. The van der Waals surface area contributed by atoms with Gasteiger partial charge in [0.2, 0.25) is 0 Å². The zero-order chi connectivity index (χ0) is 16.8. The molecule has 2 aliphatic rings. The minimum atomic E-state index is -5.01. The molecule has 1 aromatic heterocycles. The molecule has 1 aromatic rings. The first-order valence-electron chi connectivity index (χ1n) is 7.28. The molecular weight excluding hydrogens is 317 g/mol. The quantitative estimate of drug-likeness (QED) is 0.864. The van der Waals surface area contributed by atoms with Gasteiger partial charge in [0.1, 0.15) is 0 Å². The van der Waals surface area contributed by atoms with E-state index in [1.807, 2.05) is 5.32 Å². The molecule has 1 heterocycles. The number of alkyl halides is 3. The number of aliphatic carboxylic acids is 1. The predicted molar refractivity (Wildman–Crippen MR) is 69.4 cm³/mol. The van der Waals surface area contributed by atoms with Crippen molar-refractivity contribution in [1.82, 2.24) is 20.3 Å². The van der Waals surface area contributed by atoms with Crippen molar-refractivity contribution in [1.29, 1.82) is 0 Å². The van der Waals surface area contributed by atoms with Crippen LogP contribution in [0.1, 0.15) is 43.3 Å². The highest BCUT2D eigenvalue weighted by atomic mass is 19.4. The minimum absolute atomic E-state index is 0.0690. The molecule has 2 fully saturated rings. The standard InChI is InChI=1S/C13H15F3N4O3/c14-13(15,16)12(23)17-8-3-7(11(21)22)4-10(8)20-5-9(18-19-20)6-1-2-6/h5-8,10H,1-4H2,(H,17,23)(H,21,22)/t7?,8-,10+/m1/s1. The van der Waals surface area contributed by atoms with E-state index in [9.17, 15) is 22.8 Å². The highest BCUT2D eigenvalue weighted by Crippen LogP contribution is 2.40. The average Bonchev–Trinajstić information content (AvgIpc) is 3.03. The number of carbonyl (C=O) groups excluding carboxylic acids is 1. The van der Waals surface area contributed by atoms with Crippen molar-refractivity contribution < 1.29 is 27.9 Å². The molecule has 3 atom stereocenters. The van der Waals surface area contributed by atoms with Gasteiger partial charge in [0.25, 0.3) is 0 Å². The first kappa shape index (κ1) is 15.8. The fourth-order valence-electron chi connectivity index (χ4n) is 2.93. The molecule has 0 aliphatic heterocycles. The lowest BCUT2D eigenvalue weighted by molar-refractivity contribution is -0.174. The highest BCUT2D eigenvalue weighted by molar-refractivity contribution is 5.82. The number of aromatic nitrogens is 3. The summed E-state index contributed by atoms with van der Waals surface area (Å²) < 4.78 is 38.7. The smallest absolute Gasteiger partial charge is 0.471 e. The van der Waals surface area contributed by atoms with Crippen LogP contribution in [0.3, 0.4) is 0 Å². The van der Waals surface area contributed by atoms with Crippen molar-refractivity contribution >= 4 is 11.9 Å². The molecule has 0 radical (unpaired) electrons. The van der Waals surface area contributed by atoms with Crippen LogP contribution in [0.15, 0.2) is 6.20 Å². The second-order valence-electron chi connectivity index (χ2n) is 6.05. The molecule has 2 N–H and O–H groups in total. The van der Waals surface area contributed by atoms with Crippen molar-refractivity contribution in [3.8, 4) is 0 Å². The van der Waals surface area contributed by atoms with E-state index in [4.69, 9.17) is 5.11 Å². The van der Waals surface area contributed by atoms with Crippen LogP contribution < -0.4 is 5.32 Å². The van der Waals surface area contributed by atoms with Crippen LogP contribution >= 0.6 is 0 Å². The predicted octanol–water partition coefficient (Wildman–Crippen LogP) is 1.24. The van der Waals surface area contributed by atoms with Gasteiger partial charge in [0.15, 0.2) is 0 Å². The maximum absolute atomic E-state index is 12.4. The van der Waals surface area contributed by atoms with Gasteiger partial charge in [-0.2, -0.15) is 13.2 Å². The van der Waals surface area contributed by atoms with E-state index in [0.717, 1.165) is 18.5 Å². The third-order valence-corrected chi connectivity index (χ3v) is 4.32. The Morgan fingerprint density at radius 2 is 2.00 bits per heavy atom. The van der Waals surface area contributed by atoms with Gasteiger partial charge in [-0.3, -0.25) is 9.59 Å². The molecule has 7 nitrogen and oxygen atoms in total. The normalized spacial score (nSPS) is 27.9. The third kappa shape index (κ3) is 3.30. The number of halogens is 3. The van der Waals surface area contributed by atoms with Gasteiger partial charge in [0, 0.05) is 12.1 Å². The second-order valence-corrected chi connectivity index (χ2v) is 6.05. The van der Waals surface area contributed by atoms with E-state index in [1.54, 1.807) is 6.20 Å². The van der Waals surface area contributed by atoms with Gasteiger partial charge in [-0.1, -0.05) is 5.21 Å². The van der Waals surface area contributed by atoms with Crippen molar-refractivity contribution in [2.45, 2.75) is 49.9 Å². The topological polar surface area (TPSA) is 97.1 Å². The van der Waals surface area contributed by atoms with E-state index < -0.39 is 36.1 Å². The summed E-state index contributed by atoms with van der Waals surface area (Å²) in [5, 5.41) is 18.9. The van der Waals surface area contributed by atoms with Crippen LogP contribution in [0, 0.1) is 5.92 Å². The van der Waals surface area contributed by atoms with Crippen molar-refractivity contribution in [2.75, 3.05) is 0 Å². The average molecular weight is 332 g/mol. The molecule has 126 valence electrons. The van der Waals surface area contributed by atoms with Crippen LogP contribution in [-0.4, -0.2) is 44.2 Å². The number of carboxylic acid groups (broad SMARTS) is 1. The fraction of sp³-hybridized carbons (Fsp3) is 0.692. The summed E-state index contributed by atoms with van der Waals surface area (Å²) >= 11 is 0. The zero-order valence-electron chi connectivity index (χ0n) is 12.0. The monoisotopic (exact) mass is 332 g/mol. The maximum Gasteiger partial charge on any atom is 0.471 e. The number of carbonyl (C=O) groups is 2. The lowest BCUT2D eigenvalue weighted by Crippen LogP contribution is -2.45. The summed E-state index contributed by atoms with van der Waals surface area (Å²) in [6, 6.07) is -1.60. The third-order valence-electron chi connectivity index (χ3n) is 4.32. The van der Waals surface area contributed by atoms with Crippen molar-refractivity contribution in [3.63, 3.8) is 0 Å². The Bertz CT molecular complexity index is 626. The van der Waals surface area contributed by atoms with E-state index in [-0.39, 0.29) is 12.8 Å². The molecule has 0 bridgehead atoms. The zero-order valence-corrected chi connectivity index (χ0v) is 12.0. The van der Waals surface area contributed by atoms with Crippen molar-refractivity contribution in [3.05, 3.63) is 11.9 Å². The van der Waals surface area contributed by atoms with E-state index in [2.05, 4.69) is 10.3 Å².